The van der Waals surface area contributed by atoms with E-state index in [0.717, 1.165) is 17.1 Å². The van der Waals surface area contributed by atoms with Crippen LogP contribution in [0.3, 0.4) is 0 Å². The van der Waals surface area contributed by atoms with Gasteiger partial charge in [0.15, 0.2) is 0 Å². The van der Waals surface area contributed by atoms with Gasteiger partial charge in [-0.2, -0.15) is 0 Å². The van der Waals surface area contributed by atoms with Crippen molar-refractivity contribution in [2.45, 2.75) is 19.4 Å². The average Bonchev–Trinajstić information content (AvgIpc) is 2.75. The third-order valence-corrected chi connectivity index (χ3v) is 2.15. The number of aromatic amines is 1. The molecule has 3 N–H and O–H groups in total. The van der Waals surface area contributed by atoms with Crippen molar-refractivity contribution in [3.8, 4) is 0 Å². The van der Waals surface area contributed by atoms with E-state index in [0.29, 0.717) is 6.42 Å². The lowest BCUT2D eigenvalue weighted by molar-refractivity contribution is 0.528. The molecule has 0 aliphatic heterocycles. The third kappa shape index (κ3) is 1.85. The first-order valence-corrected chi connectivity index (χ1v) is 4.54. The van der Waals surface area contributed by atoms with Crippen LogP contribution < -0.4 is 5.73 Å². The van der Waals surface area contributed by atoms with Crippen molar-refractivity contribution in [3.63, 3.8) is 0 Å². The summed E-state index contributed by atoms with van der Waals surface area (Å²) in [5.41, 5.74) is 6.99. The monoisotopic (exact) mass is 191 g/mol. The van der Waals surface area contributed by atoms with Gasteiger partial charge in [-0.05, 0) is 13.0 Å². The molecule has 0 saturated carbocycles. The lowest BCUT2D eigenvalue weighted by Gasteiger charge is -2.05. The minimum atomic E-state index is -0.0569. The molecule has 0 bridgehead atoms. The van der Waals surface area contributed by atoms with Gasteiger partial charge in [0.05, 0.1) is 6.26 Å². The van der Waals surface area contributed by atoms with E-state index in [1.807, 2.05) is 13.0 Å². The van der Waals surface area contributed by atoms with E-state index in [4.69, 9.17) is 10.2 Å². The number of nitrogens with one attached hydrogen (secondary N) is 1. The fourth-order valence-corrected chi connectivity index (χ4v) is 1.39. The molecule has 2 heterocycles. The second-order valence-corrected chi connectivity index (χ2v) is 3.34. The molecule has 0 spiro atoms. The van der Waals surface area contributed by atoms with Crippen molar-refractivity contribution in [1.82, 2.24) is 9.97 Å². The summed E-state index contributed by atoms with van der Waals surface area (Å²) in [5, 5.41) is 0. The number of nitrogens with zero attached hydrogens (tertiary/aromatic N) is 1. The number of nitrogens with two attached hydrogens (primary N) is 1. The molecule has 2 rings (SSSR count). The van der Waals surface area contributed by atoms with E-state index in [1.165, 1.54) is 0 Å². The van der Waals surface area contributed by atoms with E-state index in [-0.39, 0.29) is 6.04 Å². The highest BCUT2D eigenvalue weighted by Crippen LogP contribution is 2.16. The number of hydrogen-bond donors (Lipinski definition) is 2. The van der Waals surface area contributed by atoms with E-state index >= 15 is 0 Å². The van der Waals surface area contributed by atoms with E-state index in [9.17, 15) is 0 Å². The van der Waals surface area contributed by atoms with Crippen molar-refractivity contribution in [3.05, 3.63) is 41.9 Å². The first kappa shape index (κ1) is 9.02. The van der Waals surface area contributed by atoms with Gasteiger partial charge in [0.1, 0.15) is 11.6 Å². The quantitative estimate of drug-likeness (QED) is 0.773. The molecule has 4 heteroatoms. The molecule has 2 aromatic rings. The molecule has 0 aliphatic rings. The van der Waals surface area contributed by atoms with Gasteiger partial charge in [0, 0.05) is 30.4 Å². The SMILES string of the molecule is Cc1cc(C(N)Cc2ncc[nH]2)co1. The van der Waals surface area contributed by atoms with Crippen molar-refractivity contribution in [2.24, 2.45) is 5.73 Å². The van der Waals surface area contributed by atoms with Crippen LogP contribution >= 0.6 is 0 Å². The Labute approximate surface area is 82.1 Å². The van der Waals surface area contributed by atoms with E-state index in [2.05, 4.69) is 9.97 Å². The molecule has 0 fully saturated rings. The number of rotatable bonds is 3. The van der Waals surface area contributed by atoms with Gasteiger partial charge in [0.2, 0.25) is 0 Å². The zero-order chi connectivity index (χ0) is 9.97. The molecule has 14 heavy (non-hydrogen) atoms. The van der Waals surface area contributed by atoms with Crippen LogP contribution in [0.1, 0.15) is 23.2 Å². The lowest BCUT2D eigenvalue weighted by Crippen LogP contribution is -2.13. The molecule has 0 aromatic carbocycles. The summed E-state index contributed by atoms with van der Waals surface area (Å²) in [7, 11) is 0. The van der Waals surface area contributed by atoms with Crippen molar-refractivity contribution >= 4 is 0 Å². The zero-order valence-electron chi connectivity index (χ0n) is 8.03. The van der Waals surface area contributed by atoms with Gasteiger partial charge in [-0.25, -0.2) is 4.98 Å². The van der Waals surface area contributed by atoms with Crippen LogP contribution in [0.4, 0.5) is 0 Å². The normalized spacial score (nSPS) is 13.0. The standard InChI is InChI=1S/C10H13N3O/c1-7-4-8(6-14-7)9(11)5-10-12-2-3-13-10/h2-4,6,9H,5,11H2,1H3,(H,12,13). The Morgan fingerprint density at radius 2 is 2.50 bits per heavy atom. The summed E-state index contributed by atoms with van der Waals surface area (Å²) in [5.74, 6) is 1.78. The van der Waals surface area contributed by atoms with Gasteiger partial charge < -0.3 is 15.1 Å². The highest BCUT2D eigenvalue weighted by Gasteiger charge is 2.10. The van der Waals surface area contributed by atoms with E-state index in [1.54, 1.807) is 18.7 Å². The number of furan rings is 1. The van der Waals surface area contributed by atoms with Gasteiger partial charge in [0.25, 0.3) is 0 Å². The fourth-order valence-electron chi connectivity index (χ4n) is 1.39. The Morgan fingerprint density at radius 1 is 1.64 bits per heavy atom. The second kappa shape index (κ2) is 3.67. The van der Waals surface area contributed by atoms with Gasteiger partial charge >= 0.3 is 0 Å². The number of aryl methyl sites for hydroxylation is 1. The molecule has 0 saturated heterocycles. The first-order chi connectivity index (χ1) is 6.75. The first-order valence-electron chi connectivity index (χ1n) is 4.54. The van der Waals surface area contributed by atoms with Crippen molar-refractivity contribution < 1.29 is 4.42 Å². The summed E-state index contributed by atoms with van der Waals surface area (Å²) in [6, 6.07) is 1.90. The summed E-state index contributed by atoms with van der Waals surface area (Å²) in [6.07, 6.45) is 5.92. The van der Waals surface area contributed by atoms with Crippen molar-refractivity contribution in [1.29, 1.82) is 0 Å². The van der Waals surface area contributed by atoms with Gasteiger partial charge in [-0.15, -0.1) is 0 Å². The summed E-state index contributed by atoms with van der Waals surface area (Å²) >= 11 is 0. The Morgan fingerprint density at radius 3 is 3.07 bits per heavy atom. The number of imidazole rings is 1. The minimum Gasteiger partial charge on any atom is -0.469 e. The lowest BCUT2D eigenvalue weighted by atomic mass is 10.1. The third-order valence-electron chi connectivity index (χ3n) is 2.15. The molecule has 1 unspecified atom stereocenters. The van der Waals surface area contributed by atoms with Crippen LogP contribution in [0.2, 0.25) is 0 Å². The topological polar surface area (TPSA) is 67.8 Å². The maximum Gasteiger partial charge on any atom is 0.107 e. The van der Waals surface area contributed by atoms with Gasteiger partial charge in [-0.1, -0.05) is 0 Å². The van der Waals surface area contributed by atoms with Crippen LogP contribution in [-0.4, -0.2) is 9.97 Å². The maximum absolute atomic E-state index is 5.98. The molecule has 4 nitrogen and oxygen atoms in total. The fraction of sp³-hybridized carbons (Fsp3) is 0.300. The Bertz CT molecular complexity index is 391. The summed E-state index contributed by atoms with van der Waals surface area (Å²) in [4.78, 5) is 7.15. The number of aromatic nitrogens is 2. The van der Waals surface area contributed by atoms with Crippen LogP contribution in [0, 0.1) is 6.92 Å². The molecular formula is C10H13N3O. The highest BCUT2D eigenvalue weighted by molar-refractivity contribution is 5.17. The van der Waals surface area contributed by atoms with Gasteiger partial charge in [-0.3, -0.25) is 0 Å². The van der Waals surface area contributed by atoms with Crippen LogP contribution in [0.25, 0.3) is 0 Å². The molecule has 0 amide bonds. The minimum absolute atomic E-state index is 0.0569. The summed E-state index contributed by atoms with van der Waals surface area (Å²) < 4.78 is 5.19. The number of hydrogen-bond acceptors (Lipinski definition) is 3. The largest absolute Gasteiger partial charge is 0.469 e. The molecule has 1 atom stereocenters. The molecule has 2 aromatic heterocycles. The Kier molecular flexibility index (Phi) is 2.37. The Hall–Kier alpha value is -1.55. The van der Waals surface area contributed by atoms with E-state index < -0.39 is 0 Å². The Balaban J connectivity index is 2.06. The average molecular weight is 191 g/mol. The molecular weight excluding hydrogens is 178 g/mol. The molecule has 74 valence electrons. The second-order valence-electron chi connectivity index (χ2n) is 3.34. The smallest absolute Gasteiger partial charge is 0.107 e. The predicted molar refractivity (Wildman–Crippen MR) is 52.7 cm³/mol. The zero-order valence-corrected chi connectivity index (χ0v) is 8.03. The highest BCUT2D eigenvalue weighted by atomic mass is 16.3. The van der Waals surface area contributed by atoms with Crippen molar-refractivity contribution in [2.75, 3.05) is 0 Å². The number of H-pyrrole nitrogens is 1. The van der Waals surface area contributed by atoms with Crippen LogP contribution in [0.15, 0.2) is 29.1 Å². The maximum atomic E-state index is 5.98. The molecule has 0 aliphatic carbocycles. The van der Waals surface area contributed by atoms with Crippen LogP contribution in [0.5, 0.6) is 0 Å². The van der Waals surface area contributed by atoms with Crippen LogP contribution in [-0.2, 0) is 6.42 Å². The summed E-state index contributed by atoms with van der Waals surface area (Å²) in [6.45, 7) is 1.91. The predicted octanol–water partition coefficient (Wildman–Crippen LogP) is 1.55. The molecule has 0 radical (unpaired) electrons.